The zero-order valence-corrected chi connectivity index (χ0v) is 13.8. The molecule has 1 N–H and O–H groups in total. The van der Waals surface area contributed by atoms with Gasteiger partial charge >= 0.3 is 6.03 Å². The molecule has 24 heavy (non-hydrogen) atoms. The van der Waals surface area contributed by atoms with Crippen molar-refractivity contribution in [1.82, 2.24) is 10.2 Å². The Morgan fingerprint density at radius 2 is 1.67 bits per heavy atom. The van der Waals surface area contributed by atoms with Gasteiger partial charge in [-0.15, -0.1) is 0 Å². The van der Waals surface area contributed by atoms with Crippen LogP contribution in [0.5, 0.6) is 5.75 Å². The number of ether oxygens (including phenoxy) is 2. The lowest BCUT2D eigenvalue weighted by molar-refractivity contribution is 0.0528. The van der Waals surface area contributed by atoms with Crippen LogP contribution in [0.2, 0.25) is 0 Å². The first-order valence-electron chi connectivity index (χ1n) is 8.10. The Hall–Kier alpha value is -2.53. The Kier molecular flexibility index (Phi) is 5.33. The largest absolute Gasteiger partial charge is 0.497 e. The molecule has 5 nitrogen and oxygen atoms in total. The molecule has 2 amide bonds. The van der Waals surface area contributed by atoms with E-state index in [0.29, 0.717) is 26.3 Å². The summed E-state index contributed by atoms with van der Waals surface area (Å²) in [5.74, 6) is 0.796. The molecule has 5 heteroatoms. The molecule has 0 aliphatic carbocycles. The van der Waals surface area contributed by atoms with E-state index in [1.165, 1.54) is 0 Å². The first kappa shape index (κ1) is 16.3. The van der Waals surface area contributed by atoms with Gasteiger partial charge in [-0.25, -0.2) is 4.79 Å². The molecule has 1 aliphatic rings. The van der Waals surface area contributed by atoms with Crippen molar-refractivity contribution in [3.8, 4) is 5.75 Å². The van der Waals surface area contributed by atoms with E-state index in [2.05, 4.69) is 5.32 Å². The summed E-state index contributed by atoms with van der Waals surface area (Å²) in [6.45, 7) is 2.42. The number of carbonyl (C=O) groups excluding carboxylic acids is 1. The van der Waals surface area contributed by atoms with E-state index in [4.69, 9.17) is 9.47 Å². The van der Waals surface area contributed by atoms with Gasteiger partial charge in [0.05, 0.1) is 26.4 Å². The number of urea groups is 1. The van der Waals surface area contributed by atoms with Gasteiger partial charge in [0.2, 0.25) is 0 Å². The zero-order chi connectivity index (χ0) is 16.8. The number of amides is 2. The summed E-state index contributed by atoms with van der Waals surface area (Å²) < 4.78 is 10.5. The molecule has 0 spiro atoms. The summed E-state index contributed by atoms with van der Waals surface area (Å²) in [5.41, 5.74) is 2.06. The predicted octanol–water partition coefficient (Wildman–Crippen LogP) is 2.83. The molecule has 3 rings (SSSR count). The summed E-state index contributed by atoms with van der Waals surface area (Å²) in [7, 11) is 1.64. The third kappa shape index (κ3) is 3.86. The van der Waals surface area contributed by atoms with Crippen molar-refractivity contribution >= 4 is 6.03 Å². The van der Waals surface area contributed by atoms with Crippen LogP contribution in [0.3, 0.4) is 0 Å². The lowest BCUT2D eigenvalue weighted by Gasteiger charge is -2.29. The Morgan fingerprint density at radius 3 is 2.29 bits per heavy atom. The van der Waals surface area contributed by atoms with Crippen LogP contribution >= 0.6 is 0 Å². The van der Waals surface area contributed by atoms with Crippen LogP contribution in [0.1, 0.15) is 17.2 Å². The lowest BCUT2D eigenvalue weighted by Crippen LogP contribution is -2.47. The summed E-state index contributed by atoms with van der Waals surface area (Å²) in [6, 6.07) is 17.5. The van der Waals surface area contributed by atoms with Crippen molar-refractivity contribution in [1.29, 1.82) is 0 Å². The lowest BCUT2D eigenvalue weighted by atomic mass is 9.99. The first-order chi connectivity index (χ1) is 11.8. The number of carbonyl (C=O) groups is 1. The number of methoxy groups -OCH3 is 1. The van der Waals surface area contributed by atoms with Crippen molar-refractivity contribution in [2.24, 2.45) is 0 Å². The number of nitrogens with zero attached hydrogens (tertiary/aromatic N) is 1. The van der Waals surface area contributed by atoms with Gasteiger partial charge in [0.25, 0.3) is 0 Å². The zero-order valence-electron chi connectivity index (χ0n) is 13.8. The Morgan fingerprint density at radius 1 is 1.04 bits per heavy atom. The summed E-state index contributed by atoms with van der Waals surface area (Å²) >= 11 is 0. The van der Waals surface area contributed by atoms with Crippen LogP contribution in [0, 0.1) is 0 Å². The third-order valence-corrected chi connectivity index (χ3v) is 4.15. The predicted molar refractivity (Wildman–Crippen MR) is 92.2 cm³/mol. The average molecular weight is 326 g/mol. The van der Waals surface area contributed by atoms with E-state index in [-0.39, 0.29) is 12.1 Å². The van der Waals surface area contributed by atoms with Crippen molar-refractivity contribution in [2.75, 3.05) is 33.4 Å². The van der Waals surface area contributed by atoms with Crippen molar-refractivity contribution in [2.45, 2.75) is 6.04 Å². The molecule has 2 aromatic rings. The van der Waals surface area contributed by atoms with Gasteiger partial charge in [-0.1, -0.05) is 42.5 Å². The topological polar surface area (TPSA) is 50.8 Å². The van der Waals surface area contributed by atoms with Crippen molar-refractivity contribution in [3.63, 3.8) is 0 Å². The molecule has 1 saturated heterocycles. The Labute approximate surface area is 142 Å². The normalized spacial score (nSPS) is 15.6. The van der Waals surface area contributed by atoms with Gasteiger partial charge in [-0.3, -0.25) is 0 Å². The smallest absolute Gasteiger partial charge is 0.318 e. The van der Waals surface area contributed by atoms with Crippen LogP contribution in [-0.4, -0.2) is 44.3 Å². The average Bonchev–Trinajstić information content (AvgIpc) is 2.67. The summed E-state index contributed by atoms with van der Waals surface area (Å²) in [4.78, 5) is 14.4. The molecule has 0 saturated carbocycles. The maximum atomic E-state index is 12.6. The number of morpholine rings is 1. The molecule has 1 fully saturated rings. The number of rotatable bonds is 4. The molecular weight excluding hydrogens is 304 g/mol. The minimum atomic E-state index is -0.201. The van der Waals surface area contributed by atoms with E-state index >= 15 is 0 Å². The van der Waals surface area contributed by atoms with Gasteiger partial charge in [0, 0.05) is 13.1 Å². The SMILES string of the molecule is COc1ccc([C@@H](NC(=O)N2CCOCC2)c2ccccc2)cc1. The Balaban J connectivity index is 1.83. The summed E-state index contributed by atoms with van der Waals surface area (Å²) in [5, 5.41) is 3.15. The van der Waals surface area contributed by atoms with Crippen LogP contribution < -0.4 is 10.1 Å². The van der Waals surface area contributed by atoms with Gasteiger partial charge in [0.15, 0.2) is 0 Å². The van der Waals surface area contributed by atoms with Crippen molar-refractivity contribution in [3.05, 3.63) is 65.7 Å². The molecule has 1 aliphatic heterocycles. The van der Waals surface area contributed by atoms with E-state index in [1.54, 1.807) is 12.0 Å². The molecule has 0 aromatic heterocycles. The van der Waals surface area contributed by atoms with E-state index in [0.717, 1.165) is 16.9 Å². The molecule has 1 atom stereocenters. The van der Waals surface area contributed by atoms with Crippen LogP contribution in [0.25, 0.3) is 0 Å². The van der Waals surface area contributed by atoms with Gasteiger partial charge in [-0.05, 0) is 23.3 Å². The standard InChI is InChI=1S/C19H22N2O3/c1-23-17-9-7-16(8-10-17)18(15-5-3-2-4-6-15)20-19(22)21-11-13-24-14-12-21/h2-10,18H,11-14H2,1H3,(H,20,22)/t18-/m0/s1. The molecule has 126 valence electrons. The second-order valence-electron chi connectivity index (χ2n) is 5.67. The highest BCUT2D eigenvalue weighted by Crippen LogP contribution is 2.24. The highest BCUT2D eigenvalue weighted by Gasteiger charge is 2.22. The fourth-order valence-corrected chi connectivity index (χ4v) is 2.78. The highest BCUT2D eigenvalue weighted by molar-refractivity contribution is 5.75. The molecule has 0 bridgehead atoms. The molecule has 0 unspecified atom stereocenters. The van der Waals surface area contributed by atoms with Gasteiger partial charge < -0.3 is 19.7 Å². The number of nitrogens with one attached hydrogen (secondary N) is 1. The van der Waals surface area contributed by atoms with Crippen LogP contribution in [0.15, 0.2) is 54.6 Å². The van der Waals surface area contributed by atoms with E-state index in [9.17, 15) is 4.79 Å². The molecule has 2 aromatic carbocycles. The summed E-state index contributed by atoms with van der Waals surface area (Å²) in [6.07, 6.45) is 0. The number of hydrogen-bond donors (Lipinski definition) is 1. The maximum Gasteiger partial charge on any atom is 0.318 e. The first-order valence-corrected chi connectivity index (χ1v) is 8.10. The second kappa shape index (κ2) is 7.84. The minimum Gasteiger partial charge on any atom is -0.497 e. The Bertz CT molecular complexity index is 652. The second-order valence-corrected chi connectivity index (χ2v) is 5.67. The van der Waals surface area contributed by atoms with E-state index < -0.39 is 0 Å². The van der Waals surface area contributed by atoms with E-state index in [1.807, 2.05) is 54.6 Å². The van der Waals surface area contributed by atoms with Crippen LogP contribution in [-0.2, 0) is 4.74 Å². The molecular formula is C19H22N2O3. The number of benzene rings is 2. The van der Waals surface area contributed by atoms with Crippen molar-refractivity contribution < 1.29 is 14.3 Å². The highest BCUT2D eigenvalue weighted by atomic mass is 16.5. The molecule has 1 heterocycles. The molecule has 0 radical (unpaired) electrons. The fraction of sp³-hybridized carbons (Fsp3) is 0.316. The van der Waals surface area contributed by atoms with Crippen LogP contribution in [0.4, 0.5) is 4.79 Å². The third-order valence-electron chi connectivity index (χ3n) is 4.15. The quantitative estimate of drug-likeness (QED) is 0.940. The minimum absolute atomic E-state index is 0.0667. The maximum absolute atomic E-state index is 12.6. The number of hydrogen-bond acceptors (Lipinski definition) is 3. The van der Waals surface area contributed by atoms with Gasteiger partial charge in [-0.2, -0.15) is 0 Å². The fourth-order valence-electron chi connectivity index (χ4n) is 2.78. The monoisotopic (exact) mass is 326 g/mol. The van der Waals surface area contributed by atoms with Gasteiger partial charge in [0.1, 0.15) is 5.75 Å².